The van der Waals surface area contributed by atoms with Crippen molar-refractivity contribution in [1.82, 2.24) is 0 Å². The number of carbonyl (C=O) groups excluding carboxylic acids is 1. The molecule has 0 saturated heterocycles. The van der Waals surface area contributed by atoms with E-state index in [9.17, 15) is 17.6 Å². The van der Waals surface area contributed by atoms with Crippen LogP contribution in [0.4, 0.5) is 4.39 Å². The van der Waals surface area contributed by atoms with Gasteiger partial charge in [0.15, 0.2) is 0 Å². The minimum absolute atomic E-state index is 0.218. The number of nitrogens with two attached hydrogens (primary N) is 1. The fourth-order valence-corrected chi connectivity index (χ4v) is 2.32. The minimum Gasteiger partial charge on any atom is -0.459 e. The number of sulfonamides is 1. The number of halogens is 2. The number of hydrogen-bond acceptors (Lipinski definition) is 4. The predicted molar refractivity (Wildman–Crippen MR) is 65.8 cm³/mol. The zero-order valence-electron chi connectivity index (χ0n) is 9.73. The van der Waals surface area contributed by atoms with Crippen LogP contribution in [0.2, 0.25) is 5.02 Å². The van der Waals surface area contributed by atoms with Crippen molar-refractivity contribution in [2.75, 3.05) is 0 Å². The Morgan fingerprint density at radius 2 is 2.05 bits per heavy atom. The molecule has 2 rings (SSSR count). The topological polar surface area (TPSA) is 86.5 Å². The van der Waals surface area contributed by atoms with Gasteiger partial charge >= 0.3 is 5.97 Å². The van der Waals surface area contributed by atoms with Crippen LogP contribution in [0.15, 0.2) is 17.0 Å². The highest BCUT2D eigenvalue weighted by Crippen LogP contribution is 2.28. The third kappa shape index (κ3) is 3.05. The molecule has 0 atom stereocenters. The van der Waals surface area contributed by atoms with E-state index >= 15 is 0 Å². The van der Waals surface area contributed by atoms with Crippen LogP contribution in [0, 0.1) is 5.82 Å². The number of carbonyl (C=O) groups is 1. The van der Waals surface area contributed by atoms with Gasteiger partial charge in [-0.25, -0.2) is 22.7 Å². The molecule has 1 fully saturated rings. The van der Waals surface area contributed by atoms with Crippen molar-refractivity contribution in [2.24, 2.45) is 5.14 Å². The van der Waals surface area contributed by atoms with Gasteiger partial charge in [-0.1, -0.05) is 11.6 Å². The first-order chi connectivity index (χ1) is 8.79. The molecule has 1 aromatic rings. The molecule has 0 amide bonds. The van der Waals surface area contributed by atoms with Crippen LogP contribution in [-0.4, -0.2) is 20.5 Å². The molecule has 1 saturated carbocycles. The number of primary sulfonamides is 1. The highest BCUT2D eigenvalue weighted by atomic mass is 35.5. The Hall–Kier alpha value is -1.18. The maximum atomic E-state index is 13.5. The quantitative estimate of drug-likeness (QED) is 0.863. The molecule has 0 radical (unpaired) electrons. The number of esters is 1. The van der Waals surface area contributed by atoms with E-state index in [1.54, 1.807) is 0 Å². The molecule has 19 heavy (non-hydrogen) atoms. The molecule has 8 heteroatoms. The van der Waals surface area contributed by atoms with E-state index < -0.39 is 31.7 Å². The summed E-state index contributed by atoms with van der Waals surface area (Å²) in [6.45, 7) is 0. The van der Waals surface area contributed by atoms with E-state index in [1.165, 1.54) is 0 Å². The number of rotatable bonds is 3. The molecule has 0 aliphatic heterocycles. The van der Waals surface area contributed by atoms with Gasteiger partial charge in [-0.05, 0) is 31.4 Å². The first-order valence-electron chi connectivity index (χ1n) is 5.52. The van der Waals surface area contributed by atoms with Gasteiger partial charge in [-0.2, -0.15) is 0 Å². The first-order valence-corrected chi connectivity index (χ1v) is 7.44. The molecule has 0 bridgehead atoms. The Labute approximate surface area is 114 Å². The van der Waals surface area contributed by atoms with Gasteiger partial charge in [0.2, 0.25) is 10.0 Å². The minimum atomic E-state index is -4.12. The maximum absolute atomic E-state index is 13.5. The zero-order chi connectivity index (χ0) is 14.2. The van der Waals surface area contributed by atoms with Gasteiger partial charge in [0.1, 0.15) is 11.9 Å². The number of ether oxygens (including phenoxy) is 1. The van der Waals surface area contributed by atoms with Gasteiger partial charge in [-0.3, -0.25) is 0 Å². The molecule has 1 aromatic carbocycles. The van der Waals surface area contributed by atoms with Crippen LogP contribution in [0.25, 0.3) is 0 Å². The largest absolute Gasteiger partial charge is 0.459 e. The Kier molecular flexibility index (Phi) is 3.80. The molecule has 2 N–H and O–H groups in total. The summed E-state index contributed by atoms with van der Waals surface area (Å²) in [7, 11) is -4.12. The first kappa shape index (κ1) is 14.2. The summed E-state index contributed by atoms with van der Waals surface area (Å²) in [6, 6.07) is 1.58. The lowest BCUT2D eigenvalue weighted by Gasteiger charge is -2.25. The van der Waals surface area contributed by atoms with Crippen molar-refractivity contribution < 1.29 is 22.3 Å². The molecule has 1 aliphatic carbocycles. The van der Waals surface area contributed by atoms with E-state index in [0.717, 1.165) is 25.3 Å². The molecule has 5 nitrogen and oxygen atoms in total. The van der Waals surface area contributed by atoms with Gasteiger partial charge in [-0.15, -0.1) is 0 Å². The second-order valence-electron chi connectivity index (χ2n) is 4.27. The standard InChI is InChI=1S/C11H11ClFNO4S/c12-10-8(11(15)18-6-2-1-3-6)4-7(5-9(10)13)19(14,16)17/h4-6H,1-3H2,(H2,14,16,17). The highest BCUT2D eigenvalue weighted by molar-refractivity contribution is 7.89. The lowest BCUT2D eigenvalue weighted by Crippen LogP contribution is -2.25. The van der Waals surface area contributed by atoms with Gasteiger partial charge in [0, 0.05) is 0 Å². The third-order valence-electron chi connectivity index (χ3n) is 2.88. The average molecular weight is 308 g/mol. The molecule has 0 heterocycles. The van der Waals surface area contributed by atoms with E-state index in [0.29, 0.717) is 6.07 Å². The van der Waals surface area contributed by atoms with Crippen LogP contribution in [-0.2, 0) is 14.8 Å². The van der Waals surface area contributed by atoms with Crippen LogP contribution in [0.1, 0.15) is 29.6 Å². The smallest absolute Gasteiger partial charge is 0.340 e. The lowest BCUT2D eigenvalue weighted by molar-refractivity contribution is 0.00895. The second-order valence-corrected chi connectivity index (χ2v) is 6.21. The van der Waals surface area contributed by atoms with Gasteiger partial charge in [0.25, 0.3) is 0 Å². The van der Waals surface area contributed by atoms with Crippen molar-refractivity contribution in [3.63, 3.8) is 0 Å². The Morgan fingerprint density at radius 3 is 2.53 bits per heavy atom. The fraction of sp³-hybridized carbons (Fsp3) is 0.364. The fourth-order valence-electron chi connectivity index (χ4n) is 1.58. The maximum Gasteiger partial charge on any atom is 0.340 e. The highest BCUT2D eigenvalue weighted by Gasteiger charge is 2.26. The monoisotopic (exact) mass is 307 g/mol. The average Bonchev–Trinajstić information content (AvgIpc) is 2.25. The summed E-state index contributed by atoms with van der Waals surface area (Å²) in [6.07, 6.45) is 2.21. The van der Waals surface area contributed by atoms with Crippen LogP contribution >= 0.6 is 11.6 Å². The summed E-state index contributed by atoms with van der Waals surface area (Å²) < 4.78 is 40.9. The lowest BCUT2D eigenvalue weighted by atomic mass is 9.96. The van der Waals surface area contributed by atoms with E-state index in [2.05, 4.69) is 0 Å². The Morgan fingerprint density at radius 1 is 1.42 bits per heavy atom. The molecule has 1 aliphatic rings. The van der Waals surface area contributed by atoms with E-state index in [-0.39, 0.29) is 11.7 Å². The second kappa shape index (κ2) is 5.07. The van der Waals surface area contributed by atoms with E-state index in [4.69, 9.17) is 21.5 Å². The third-order valence-corrected chi connectivity index (χ3v) is 4.15. The molecule has 104 valence electrons. The molecular formula is C11H11ClFNO4S. The van der Waals surface area contributed by atoms with Crippen molar-refractivity contribution in [3.05, 3.63) is 28.5 Å². The van der Waals surface area contributed by atoms with Crippen molar-refractivity contribution in [1.29, 1.82) is 0 Å². The summed E-state index contributed by atoms with van der Waals surface area (Å²) in [4.78, 5) is 11.3. The van der Waals surface area contributed by atoms with Crippen LogP contribution in [0.3, 0.4) is 0 Å². The molecule has 0 unspecified atom stereocenters. The molecular weight excluding hydrogens is 297 g/mol. The van der Waals surface area contributed by atoms with Crippen molar-refractivity contribution in [2.45, 2.75) is 30.3 Å². The normalized spacial score (nSPS) is 15.9. The summed E-state index contributed by atoms with van der Waals surface area (Å²) in [5, 5.41) is 4.42. The summed E-state index contributed by atoms with van der Waals surface area (Å²) in [5.74, 6) is -1.88. The van der Waals surface area contributed by atoms with Crippen LogP contribution < -0.4 is 5.14 Å². The number of hydrogen-bond donors (Lipinski definition) is 1. The summed E-state index contributed by atoms with van der Waals surface area (Å²) >= 11 is 5.64. The molecule has 0 spiro atoms. The predicted octanol–water partition coefficient (Wildman–Crippen LogP) is 1.84. The SMILES string of the molecule is NS(=O)(=O)c1cc(F)c(Cl)c(C(=O)OC2CCC2)c1. The Balaban J connectivity index is 2.37. The van der Waals surface area contributed by atoms with Crippen molar-refractivity contribution >= 4 is 27.6 Å². The van der Waals surface area contributed by atoms with Gasteiger partial charge in [0.05, 0.1) is 15.5 Å². The van der Waals surface area contributed by atoms with E-state index in [1.807, 2.05) is 0 Å². The van der Waals surface area contributed by atoms with Crippen LogP contribution in [0.5, 0.6) is 0 Å². The number of benzene rings is 1. The molecule has 0 aromatic heterocycles. The Bertz CT molecular complexity index is 628. The van der Waals surface area contributed by atoms with Gasteiger partial charge < -0.3 is 4.74 Å². The summed E-state index contributed by atoms with van der Waals surface area (Å²) in [5.41, 5.74) is -0.336. The van der Waals surface area contributed by atoms with Crippen molar-refractivity contribution in [3.8, 4) is 0 Å². The zero-order valence-corrected chi connectivity index (χ0v) is 11.3.